The van der Waals surface area contributed by atoms with Gasteiger partial charge in [0.25, 0.3) is 0 Å². The Morgan fingerprint density at radius 3 is 2.75 bits per heavy atom. The van der Waals surface area contributed by atoms with Crippen molar-refractivity contribution in [3.05, 3.63) is 30.3 Å². The summed E-state index contributed by atoms with van der Waals surface area (Å²) < 4.78 is 13.8. The van der Waals surface area contributed by atoms with Crippen LogP contribution in [0.3, 0.4) is 0 Å². The van der Waals surface area contributed by atoms with E-state index < -0.39 is 0 Å². The Labute approximate surface area is 75.3 Å². The Balaban J connectivity index is 2.24. The van der Waals surface area contributed by atoms with Gasteiger partial charge in [-0.3, -0.25) is 4.52 Å². The lowest BCUT2D eigenvalue weighted by Gasteiger charge is -2.01. The summed E-state index contributed by atoms with van der Waals surface area (Å²) in [5.41, 5.74) is 0. The Hall–Kier alpha value is -0.490. The molecule has 0 amide bonds. The summed E-state index contributed by atoms with van der Waals surface area (Å²) in [6.07, 6.45) is 0. The molecule has 0 aliphatic heterocycles. The third-order valence-corrected chi connectivity index (χ3v) is 1.72. The molecule has 0 aromatic heterocycles. The molecule has 1 atom stereocenters. The molecule has 0 heterocycles. The minimum atomic E-state index is 0.226. The predicted molar refractivity (Wildman–Crippen MR) is 52.1 cm³/mol. The SMILES string of the molecule is PN=POCOc1ccccc1. The third-order valence-electron chi connectivity index (χ3n) is 1.13. The fourth-order valence-electron chi connectivity index (χ4n) is 0.668. The molecule has 0 aliphatic carbocycles. The molecule has 0 saturated carbocycles. The van der Waals surface area contributed by atoms with E-state index in [0.717, 1.165) is 5.75 Å². The zero-order valence-corrected chi connectivity index (χ0v) is 8.43. The monoisotopic (exact) mass is 201 g/mol. The van der Waals surface area contributed by atoms with E-state index in [1.807, 2.05) is 30.3 Å². The second-order valence-corrected chi connectivity index (χ2v) is 3.25. The molecule has 64 valence electrons. The van der Waals surface area contributed by atoms with Gasteiger partial charge in [-0.2, -0.15) is 0 Å². The molecule has 0 N–H and O–H groups in total. The molecule has 1 aromatic rings. The molecule has 1 rings (SSSR count). The van der Waals surface area contributed by atoms with Crippen LogP contribution < -0.4 is 4.74 Å². The van der Waals surface area contributed by atoms with E-state index in [1.54, 1.807) is 0 Å². The van der Waals surface area contributed by atoms with Crippen molar-refractivity contribution in [3.63, 3.8) is 0 Å². The van der Waals surface area contributed by atoms with Crippen LogP contribution in [0.25, 0.3) is 0 Å². The minimum Gasteiger partial charge on any atom is -0.467 e. The Bertz CT molecular complexity index is 240. The van der Waals surface area contributed by atoms with Gasteiger partial charge in [-0.1, -0.05) is 18.2 Å². The van der Waals surface area contributed by atoms with Crippen molar-refractivity contribution in [2.45, 2.75) is 0 Å². The van der Waals surface area contributed by atoms with E-state index in [9.17, 15) is 0 Å². The molecule has 0 radical (unpaired) electrons. The maximum absolute atomic E-state index is 5.21. The first-order chi connectivity index (χ1) is 5.93. The van der Waals surface area contributed by atoms with Gasteiger partial charge in [0.05, 0.1) is 0 Å². The van der Waals surface area contributed by atoms with E-state index in [0.29, 0.717) is 8.60 Å². The first kappa shape index (κ1) is 9.60. The molecule has 12 heavy (non-hydrogen) atoms. The van der Waals surface area contributed by atoms with Crippen molar-refractivity contribution in [2.24, 2.45) is 4.52 Å². The van der Waals surface area contributed by atoms with Crippen molar-refractivity contribution in [1.29, 1.82) is 0 Å². The van der Waals surface area contributed by atoms with Gasteiger partial charge in [0.15, 0.2) is 15.4 Å². The second-order valence-electron chi connectivity index (χ2n) is 1.90. The van der Waals surface area contributed by atoms with Crippen LogP contribution in [-0.2, 0) is 4.52 Å². The van der Waals surface area contributed by atoms with E-state index >= 15 is 0 Å². The predicted octanol–water partition coefficient (Wildman–Crippen LogP) is 2.87. The topological polar surface area (TPSA) is 30.8 Å². The molecule has 5 heteroatoms. The van der Waals surface area contributed by atoms with Gasteiger partial charge in [-0.05, 0) is 21.5 Å². The Morgan fingerprint density at radius 1 is 1.33 bits per heavy atom. The third kappa shape index (κ3) is 3.77. The van der Waals surface area contributed by atoms with E-state index in [-0.39, 0.29) is 6.79 Å². The summed E-state index contributed by atoms with van der Waals surface area (Å²) in [6.45, 7) is 0.226. The highest BCUT2D eigenvalue weighted by molar-refractivity contribution is 7.31. The van der Waals surface area contributed by atoms with Crippen molar-refractivity contribution >= 4 is 18.0 Å². The second kappa shape index (κ2) is 6.07. The van der Waals surface area contributed by atoms with Crippen molar-refractivity contribution in [3.8, 4) is 5.75 Å². The maximum atomic E-state index is 5.21. The molecule has 0 bridgehead atoms. The van der Waals surface area contributed by atoms with Crippen LogP contribution in [0.2, 0.25) is 0 Å². The lowest BCUT2D eigenvalue weighted by Crippen LogP contribution is -1.95. The molecule has 0 saturated heterocycles. The van der Waals surface area contributed by atoms with Crippen LogP contribution in [0.15, 0.2) is 34.8 Å². The van der Waals surface area contributed by atoms with Gasteiger partial charge in [-0.25, -0.2) is 4.52 Å². The van der Waals surface area contributed by atoms with E-state index in [1.165, 1.54) is 0 Å². The van der Waals surface area contributed by atoms with Crippen molar-refractivity contribution in [2.75, 3.05) is 6.79 Å². The fourth-order valence-corrected chi connectivity index (χ4v) is 1.03. The smallest absolute Gasteiger partial charge is 0.200 e. The maximum Gasteiger partial charge on any atom is 0.200 e. The number of rotatable bonds is 4. The van der Waals surface area contributed by atoms with E-state index in [4.69, 9.17) is 9.26 Å². The average Bonchev–Trinajstić information content (AvgIpc) is 2.14. The van der Waals surface area contributed by atoms with Gasteiger partial charge in [-0.15, -0.1) is 0 Å². The zero-order chi connectivity index (χ0) is 8.65. The summed E-state index contributed by atoms with van der Waals surface area (Å²) in [5, 5.41) is 0. The van der Waals surface area contributed by atoms with Crippen molar-refractivity contribution < 1.29 is 9.26 Å². The summed E-state index contributed by atoms with van der Waals surface area (Å²) in [6, 6.07) is 9.50. The molecule has 0 aliphatic rings. The largest absolute Gasteiger partial charge is 0.467 e. The first-order valence-corrected chi connectivity index (χ1v) is 4.61. The normalized spacial score (nSPS) is 10.4. The fraction of sp³-hybridized carbons (Fsp3) is 0.143. The number of benzene rings is 1. The first-order valence-electron chi connectivity index (χ1n) is 3.33. The number of para-hydroxylation sites is 1. The highest BCUT2D eigenvalue weighted by Crippen LogP contribution is 2.10. The lowest BCUT2D eigenvalue weighted by molar-refractivity contribution is 0.139. The van der Waals surface area contributed by atoms with Crippen LogP contribution >= 0.6 is 18.0 Å². The molecule has 3 nitrogen and oxygen atoms in total. The highest BCUT2D eigenvalue weighted by atomic mass is 31.1. The van der Waals surface area contributed by atoms with Gasteiger partial charge in [0.2, 0.25) is 0 Å². The summed E-state index contributed by atoms with van der Waals surface area (Å²) in [4.78, 5) is 0. The Kier molecular flexibility index (Phi) is 4.86. The standard InChI is InChI=1S/C7H9NO2P2/c11-8-12-10-6-9-7-4-2-1-3-5-7/h1-5H,6,11H2. The van der Waals surface area contributed by atoms with Gasteiger partial charge >= 0.3 is 0 Å². The van der Waals surface area contributed by atoms with Crippen LogP contribution in [0.5, 0.6) is 5.75 Å². The summed E-state index contributed by atoms with van der Waals surface area (Å²) in [7, 11) is 2.77. The quantitative estimate of drug-likeness (QED) is 0.426. The molecule has 1 aromatic carbocycles. The number of hydrogen-bond acceptors (Lipinski definition) is 3. The van der Waals surface area contributed by atoms with Crippen LogP contribution in [0.4, 0.5) is 0 Å². The zero-order valence-electron chi connectivity index (χ0n) is 6.38. The lowest BCUT2D eigenvalue weighted by atomic mass is 10.3. The van der Waals surface area contributed by atoms with Crippen LogP contribution in [0, 0.1) is 0 Å². The molecule has 1 unspecified atom stereocenters. The van der Waals surface area contributed by atoms with Crippen LogP contribution in [-0.4, -0.2) is 6.79 Å². The average molecular weight is 201 g/mol. The number of hydrogen-bond donors (Lipinski definition) is 0. The van der Waals surface area contributed by atoms with Crippen LogP contribution in [0.1, 0.15) is 0 Å². The van der Waals surface area contributed by atoms with Crippen molar-refractivity contribution in [1.82, 2.24) is 0 Å². The van der Waals surface area contributed by atoms with Gasteiger partial charge in [0.1, 0.15) is 5.75 Å². The molecule has 0 fully saturated rings. The molecule has 0 spiro atoms. The Morgan fingerprint density at radius 2 is 2.08 bits per heavy atom. The van der Waals surface area contributed by atoms with E-state index in [2.05, 4.69) is 13.9 Å². The number of nitrogens with zero attached hydrogens (tertiary/aromatic N) is 1. The minimum absolute atomic E-state index is 0.226. The van der Waals surface area contributed by atoms with Gasteiger partial charge in [0, 0.05) is 0 Å². The summed E-state index contributed by atoms with van der Waals surface area (Å²) in [5.74, 6) is 0.802. The highest BCUT2D eigenvalue weighted by Gasteiger charge is 1.88. The molecular formula is C7H9NO2P2. The molecular weight excluding hydrogens is 192 g/mol. The summed E-state index contributed by atoms with van der Waals surface area (Å²) >= 11 is 0. The number of ether oxygens (including phenoxy) is 1. The van der Waals surface area contributed by atoms with Gasteiger partial charge < -0.3 is 4.74 Å².